The first-order chi connectivity index (χ1) is 9.08. The van der Waals surface area contributed by atoms with E-state index >= 15 is 0 Å². The van der Waals surface area contributed by atoms with Crippen LogP contribution in [0.25, 0.3) is 0 Å². The van der Waals surface area contributed by atoms with Gasteiger partial charge < -0.3 is 10.6 Å². The Labute approximate surface area is 115 Å². The highest BCUT2D eigenvalue weighted by atomic mass is 15.2. The Bertz CT molecular complexity index is 535. The second-order valence-electron chi connectivity index (χ2n) is 5.12. The summed E-state index contributed by atoms with van der Waals surface area (Å²) in [6, 6.07) is 12.8. The van der Waals surface area contributed by atoms with E-state index in [0.29, 0.717) is 11.7 Å². The maximum absolute atomic E-state index is 5.78. The van der Waals surface area contributed by atoms with Crippen LogP contribution in [0.1, 0.15) is 25.0 Å². The van der Waals surface area contributed by atoms with Gasteiger partial charge >= 0.3 is 0 Å². The van der Waals surface area contributed by atoms with Crippen LogP contribution >= 0.6 is 0 Å². The molecule has 3 heteroatoms. The predicted molar refractivity (Wildman–Crippen MR) is 81.1 cm³/mol. The Kier molecular flexibility index (Phi) is 4.05. The van der Waals surface area contributed by atoms with E-state index in [1.807, 2.05) is 12.1 Å². The monoisotopic (exact) mass is 255 g/mol. The molecule has 0 saturated carbocycles. The molecular formula is C16H21N3. The van der Waals surface area contributed by atoms with E-state index in [-0.39, 0.29) is 0 Å². The highest BCUT2D eigenvalue weighted by Crippen LogP contribution is 2.23. The Balaban J connectivity index is 2.30. The van der Waals surface area contributed by atoms with Crippen molar-refractivity contribution in [3.8, 4) is 0 Å². The fourth-order valence-electron chi connectivity index (χ4n) is 2.17. The standard InChI is InChI=1S/C16H21N3/c1-12(2)19(11-14-7-5-4-6-8-14)16-13(3)9-15(17)10-18-16/h4-10,12H,11,17H2,1-3H3. The maximum Gasteiger partial charge on any atom is 0.132 e. The molecule has 0 bridgehead atoms. The second-order valence-corrected chi connectivity index (χ2v) is 5.12. The van der Waals surface area contributed by atoms with E-state index in [9.17, 15) is 0 Å². The van der Waals surface area contributed by atoms with Gasteiger partial charge in [0, 0.05) is 12.6 Å². The zero-order valence-electron chi connectivity index (χ0n) is 11.8. The molecule has 2 aromatic rings. The van der Waals surface area contributed by atoms with Crippen LogP contribution in [-0.2, 0) is 6.54 Å². The molecule has 0 atom stereocenters. The summed E-state index contributed by atoms with van der Waals surface area (Å²) in [4.78, 5) is 6.79. The fourth-order valence-corrected chi connectivity index (χ4v) is 2.17. The SMILES string of the molecule is Cc1cc(N)cnc1N(Cc1ccccc1)C(C)C. The molecule has 1 aromatic carbocycles. The Morgan fingerprint density at radius 3 is 2.47 bits per heavy atom. The van der Waals surface area contributed by atoms with Crippen molar-refractivity contribution in [1.29, 1.82) is 0 Å². The largest absolute Gasteiger partial charge is 0.397 e. The van der Waals surface area contributed by atoms with Gasteiger partial charge in [0.2, 0.25) is 0 Å². The summed E-state index contributed by atoms with van der Waals surface area (Å²) in [7, 11) is 0. The van der Waals surface area contributed by atoms with Crippen LogP contribution in [0.2, 0.25) is 0 Å². The van der Waals surface area contributed by atoms with Crippen molar-refractivity contribution in [3.05, 3.63) is 53.7 Å². The van der Waals surface area contributed by atoms with Crippen LogP contribution in [0.15, 0.2) is 42.6 Å². The molecule has 2 N–H and O–H groups in total. The van der Waals surface area contributed by atoms with Gasteiger partial charge in [-0.1, -0.05) is 30.3 Å². The van der Waals surface area contributed by atoms with E-state index in [2.05, 4.69) is 54.9 Å². The highest BCUT2D eigenvalue weighted by molar-refractivity contribution is 5.53. The molecule has 0 aliphatic heterocycles. The van der Waals surface area contributed by atoms with E-state index in [1.54, 1.807) is 6.20 Å². The quantitative estimate of drug-likeness (QED) is 0.910. The minimum Gasteiger partial charge on any atom is -0.397 e. The Hall–Kier alpha value is -2.03. The lowest BCUT2D eigenvalue weighted by Crippen LogP contribution is -2.31. The van der Waals surface area contributed by atoms with Crippen LogP contribution in [0.5, 0.6) is 0 Å². The normalized spacial score (nSPS) is 10.7. The van der Waals surface area contributed by atoms with Crippen molar-refractivity contribution in [1.82, 2.24) is 4.98 Å². The number of anilines is 2. The van der Waals surface area contributed by atoms with Crippen molar-refractivity contribution < 1.29 is 0 Å². The van der Waals surface area contributed by atoms with Crippen molar-refractivity contribution in [2.75, 3.05) is 10.6 Å². The molecule has 2 rings (SSSR count). The lowest BCUT2D eigenvalue weighted by molar-refractivity contribution is 0.670. The molecule has 100 valence electrons. The van der Waals surface area contributed by atoms with Crippen LogP contribution in [-0.4, -0.2) is 11.0 Å². The number of benzene rings is 1. The maximum atomic E-state index is 5.78. The fraction of sp³-hybridized carbons (Fsp3) is 0.312. The molecule has 3 nitrogen and oxygen atoms in total. The van der Waals surface area contributed by atoms with Crippen LogP contribution in [0, 0.1) is 6.92 Å². The molecule has 0 unspecified atom stereocenters. The van der Waals surface area contributed by atoms with Crippen LogP contribution in [0.4, 0.5) is 11.5 Å². The number of aryl methyl sites for hydroxylation is 1. The summed E-state index contributed by atoms with van der Waals surface area (Å²) in [5.41, 5.74) is 8.89. The van der Waals surface area contributed by atoms with Gasteiger partial charge in [-0.15, -0.1) is 0 Å². The van der Waals surface area contributed by atoms with Crippen molar-refractivity contribution >= 4 is 11.5 Å². The molecule has 0 saturated heterocycles. The van der Waals surface area contributed by atoms with Crippen molar-refractivity contribution in [2.24, 2.45) is 0 Å². The van der Waals surface area contributed by atoms with Gasteiger partial charge in [-0.25, -0.2) is 4.98 Å². The zero-order chi connectivity index (χ0) is 13.8. The van der Waals surface area contributed by atoms with E-state index < -0.39 is 0 Å². The third-order valence-electron chi connectivity index (χ3n) is 3.16. The lowest BCUT2D eigenvalue weighted by Gasteiger charge is -2.29. The highest BCUT2D eigenvalue weighted by Gasteiger charge is 2.14. The Morgan fingerprint density at radius 1 is 1.21 bits per heavy atom. The molecular weight excluding hydrogens is 234 g/mol. The first kappa shape index (κ1) is 13.4. The van der Waals surface area contributed by atoms with Gasteiger partial charge in [0.1, 0.15) is 5.82 Å². The first-order valence-electron chi connectivity index (χ1n) is 6.60. The number of hydrogen-bond donors (Lipinski definition) is 1. The predicted octanol–water partition coefficient (Wildman–Crippen LogP) is 3.39. The van der Waals surface area contributed by atoms with Crippen LogP contribution < -0.4 is 10.6 Å². The lowest BCUT2D eigenvalue weighted by atomic mass is 10.1. The molecule has 19 heavy (non-hydrogen) atoms. The summed E-state index contributed by atoms with van der Waals surface area (Å²) in [5, 5.41) is 0. The summed E-state index contributed by atoms with van der Waals surface area (Å²) in [5.74, 6) is 1.01. The molecule has 0 aliphatic carbocycles. The molecule has 0 radical (unpaired) electrons. The molecule has 0 fully saturated rings. The Morgan fingerprint density at radius 2 is 1.89 bits per heavy atom. The number of nitrogens with zero attached hydrogens (tertiary/aromatic N) is 2. The van der Waals surface area contributed by atoms with Gasteiger partial charge in [-0.2, -0.15) is 0 Å². The number of nitrogens with two attached hydrogens (primary N) is 1. The molecule has 0 amide bonds. The van der Waals surface area contributed by atoms with Crippen molar-refractivity contribution in [2.45, 2.75) is 33.4 Å². The van der Waals surface area contributed by atoms with Gasteiger partial charge in [0.05, 0.1) is 11.9 Å². The molecule has 0 spiro atoms. The summed E-state index contributed by atoms with van der Waals surface area (Å²) >= 11 is 0. The zero-order valence-corrected chi connectivity index (χ0v) is 11.8. The average Bonchev–Trinajstić information content (AvgIpc) is 2.38. The molecule has 1 heterocycles. The smallest absolute Gasteiger partial charge is 0.132 e. The summed E-state index contributed by atoms with van der Waals surface area (Å²) in [6.45, 7) is 7.27. The number of hydrogen-bond acceptors (Lipinski definition) is 3. The van der Waals surface area contributed by atoms with Gasteiger partial charge in [-0.05, 0) is 38.0 Å². The topological polar surface area (TPSA) is 42.1 Å². The minimum atomic E-state index is 0.384. The van der Waals surface area contributed by atoms with Gasteiger partial charge in [0.25, 0.3) is 0 Å². The average molecular weight is 255 g/mol. The summed E-state index contributed by atoms with van der Waals surface area (Å²) in [6.07, 6.45) is 1.72. The number of aromatic nitrogens is 1. The molecule has 0 aliphatic rings. The van der Waals surface area contributed by atoms with E-state index in [4.69, 9.17) is 5.73 Å². The number of pyridine rings is 1. The second kappa shape index (κ2) is 5.74. The third kappa shape index (κ3) is 3.25. The number of nitrogen functional groups attached to an aromatic ring is 1. The third-order valence-corrected chi connectivity index (χ3v) is 3.16. The van der Waals surface area contributed by atoms with Gasteiger partial charge in [0.15, 0.2) is 0 Å². The summed E-state index contributed by atoms with van der Waals surface area (Å²) < 4.78 is 0. The van der Waals surface area contributed by atoms with Crippen LogP contribution in [0.3, 0.4) is 0 Å². The first-order valence-corrected chi connectivity index (χ1v) is 6.60. The minimum absolute atomic E-state index is 0.384. The van der Waals surface area contributed by atoms with E-state index in [1.165, 1.54) is 5.56 Å². The van der Waals surface area contributed by atoms with Gasteiger partial charge in [-0.3, -0.25) is 0 Å². The van der Waals surface area contributed by atoms with E-state index in [0.717, 1.165) is 17.9 Å². The molecule has 1 aromatic heterocycles. The number of rotatable bonds is 4. The van der Waals surface area contributed by atoms with Crippen molar-refractivity contribution in [3.63, 3.8) is 0 Å².